The summed E-state index contributed by atoms with van der Waals surface area (Å²) in [5.41, 5.74) is 0. The lowest BCUT2D eigenvalue weighted by atomic mass is 10.1. The summed E-state index contributed by atoms with van der Waals surface area (Å²) in [4.78, 5) is 9.84. The summed E-state index contributed by atoms with van der Waals surface area (Å²) in [5.74, 6) is -0.665. The largest absolute Gasteiger partial charge is 0.432 e. The number of rotatable bonds is 3. The van der Waals surface area contributed by atoms with Crippen molar-refractivity contribution in [1.82, 2.24) is 5.32 Å². The molecule has 0 aromatic heterocycles. The Bertz CT molecular complexity index is 110. The van der Waals surface area contributed by atoms with E-state index in [1.807, 2.05) is 0 Å². The normalized spacial score (nSPS) is 20.1. The molecule has 60 valence electrons. The first kappa shape index (κ1) is 9.68. The highest BCUT2D eigenvalue weighted by molar-refractivity contribution is 5.85. The molecule has 10 heavy (non-hydrogen) atoms. The molecule has 1 rings (SSSR count). The van der Waals surface area contributed by atoms with Crippen molar-refractivity contribution >= 4 is 18.9 Å². The molecule has 0 amide bonds. The SMILES string of the molecule is COC1(OC=O)CNC1.Cl. The predicted octanol–water partition coefficient (Wildman–Crippen LogP) is -0.473. The van der Waals surface area contributed by atoms with E-state index in [9.17, 15) is 4.79 Å². The van der Waals surface area contributed by atoms with Crippen LogP contribution in [0.15, 0.2) is 0 Å². The number of nitrogens with one attached hydrogen (secondary N) is 1. The molecular weight excluding hydrogens is 158 g/mol. The van der Waals surface area contributed by atoms with Crippen LogP contribution in [0.25, 0.3) is 0 Å². The minimum absolute atomic E-state index is 0. The first-order valence-electron chi connectivity index (χ1n) is 2.70. The van der Waals surface area contributed by atoms with Crippen molar-refractivity contribution in [2.45, 2.75) is 5.79 Å². The number of carbonyl (C=O) groups excluding carboxylic acids is 1. The molecule has 1 fully saturated rings. The van der Waals surface area contributed by atoms with E-state index in [0.29, 0.717) is 19.6 Å². The van der Waals surface area contributed by atoms with Gasteiger partial charge in [0.25, 0.3) is 6.47 Å². The lowest BCUT2D eigenvalue weighted by molar-refractivity contribution is -0.229. The Labute approximate surface area is 65.3 Å². The Morgan fingerprint density at radius 1 is 1.60 bits per heavy atom. The third-order valence-electron chi connectivity index (χ3n) is 1.42. The van der Waals surface area contributed by atoms with Crippen molar-refractivity contribution in [1.29, 1.82) is 0 Å². The summed E-state index contributed by atoms with van der Waals surface area (Å²) in [7, 11) is 1.52. The molecule has 0 bridgehead atoms. The van der Waals surface area contributed by atoms with Crippen molar-refractivity contribution < 1.29 is 14.3 Å². The summed E-state index contributed by atoms with van der Waals surface area (Å²) in [6, 6.07) is 0. The van der Waals surface area contributed by atoms with E-state index in [4.69, 9.17) is 4.74 Å². The van der Waals surface area contributed by atoms with Gasteiger partial charge in [0.15, 0.2) is 0 Å². The second-order valence-corrected chi connectivity index (χ2v) is 1.93. The number of ether oxygens (including phenoxy) is 2. The summed E-state index contributed by atoms with van der Waals surface area (Å²) in [6.45, 7) is 1.58. The number of carbonyl (C=O) groups is 1. The molecule has 0 atom stereocenters. The van der Waals surface area contributed by atoms with E-state index >= 15 is 0 Å². The molecule has 0 unspecified atom stereocenters. The van der Waals surface area contributed by atoms with Crippen LogP contribution in [0.4, 0.5) is 0 Å². The van der Waals surface area contributed by atoms with E-state index in [2.05, 4.69) is 10.1 Å². The smallest absolute Gasteiger partial charge is 0.295 e. The van der Waals surface area contributed by atoms with Crippen molar-refractivity contribution in [2.75, 3.05) is 20.2 Å². The lowest BCUT2D eigenvalue weighted by Gasteiger charge is -2.38. The second-order valence-electron chi connectivity index (χ2n) is 1.93. The molecule has 0 radical (unpaired) electrons. The molecule has 0 saturated carbocycles. The maximum atomic E-state index is 9.84. The monoisotopic (exact) mass is 167 g/mol. The van der Waals surface area contributed by atoms with Crippen LogP contribution in [-0.2, 0) is 14.3 Å². The van der Waals surface area contributed by atoms with Crippen LogP contribution >= 0.6 is 12.4 Å². The van der Waals surface area contributed by atoms with Crippen LogP contribution in [0.3, 0.4) is 0 Å². The molecule has 4 nitrogen and oxygen atoms in total. The van der Waals surface area contributed by atoms with Crippen LogP contribution < -0.4 is 5.32 Å². The molecular formula is C5H10ClNO3. The molecule has 1 saturated heterocycles. The summed E-state index contributed by atoms with van der Waals surface area (Å²) < 4.78 is 9.55. The van der Waals surface area contributed by atoms with E-state index in [-0.39, 0.29) is 12.4 Å². The minimum atomic E-state index is -0.665. The first-order chi connectivity index (χ1) is 4.33. The van der Waals surface area contributed by atoms with Gasteiger partial charge in [0.05, 0.1) is 13.1 Å². The maximum absolute atomic E-state index is 9.84. The molecule has 1 N–H and O–H groups in total. The Kier molecular flexibility index (Phi) is 3.63. The molecule has 1 aliphatic heterocycles. The van der Waals surface area contributed by atoms with Gasteiger partial charge in [0, 0.05) is 7.11 Å². The van der Waals surface area contributed by atoms with Crippen LogP contribution in [0.2, 0.25) is 0 Å². The van der Waals surface area contributed by atoms with Crippen LogP contribution in [0, 0.1) is 0 Å². The van der Waals surface area contributed by atoms with Crippen molar-refractivity contribution in [3.05, 3.63) is 0 Å². The second kappa shape index (κ2) is 3.75. The number of hydrogen-bond donors (Lipinski definition) is 1. The number of hydrogen-bond acceptors (Lipinski definition) is 4. The van der Waals surface area contributed by atoms with Gasteiger partial charge in [-0.15, -0.1) is 12.4 Å². The molecule has 0 aromatic carbocycles. The fraction of sp³-hybridized carbons (Fsp3) is 0.800. The predicted molar refractivity (Wildman–Crippen MR) is 37.0 cm³/mol. The third-order valence-corrected chi connectivity index (χ3v) is 1.42. The Balaban J connectivity index is 0.000000810. The molecule has 0 spiro atoms. The average molecular weight is 168 g/mol. The van der Waals surface area contributed by atoms with Crippen LogP contribution in [0.1, 0.15) is 0 Å². The molecule has 1 heterocycles. The molecule has 1 aliphatic rings. The fourth-order valence-corrected chi connectivity index (χ4v) is 0.693. The van der Waals surface area contributed by atoms with Crippen molar-refractivity contribution in [2.24, 2.45) is 0 Å². The van der Waals surface area contributed by atoms with E-state index in [1.54, 1.807) is 0 Å². The summed E-state index contributed by atoms with van der Waals surface area (Å²) >= 11 is 0. The Hall–Kier alpha value is -0.320. The van der Waals surface area contributed by atoms with E-state index in [0.717, 1.165) is 0 Å². The average Bonchev–Trinajstić information content (AvgIpc) is 1.79. The zero-order chi connectivity index (χ0) is 6.74. The van der Waals surface area contributed by atoms with Gasteiger partial charge in [-0.3, -0.25) is 4.79 Å². The Morgan fingerprint density at radius 3 is 2.30 bits per heavy atom. The van der Waals surface area contributed by atoms with Gasteiger partial charge in [0.1, 0.15) is 0 Å². The fourth-order valence-electron chi connectivity index (χ4n) is 0.693. The zero-order valence-corrected chi connectivity index (χ0v) is 6.44. The van der Waals surface area contributed by atoms with Crippen molar-refractivity contribution in [3.8, 4) is 0 Å². The van der Waals surface area contributed by atoms with E-state index in [1.165, 1.54) is 7.11 Å². The standard InChI is InChI=1S/C5H9NO3.ClH/c1-8-5(9-4-7)2-6-3-5;/h4,6H,2-3H2,1H3;1H. The number of methoxy groups -OCH3 is 1. The van der Waals surface area contributed by atoms with Gasteiger partial charge in [-0.25, -0.2) is 0 Å². The highest BCUT2D eigenvalue weighted by atomic mass is 35.5. The molecule has 0 aliphatic carbocycles. The van der Waals surface area contributed by atoms with Gasteiger partial charge in [-0.2, -0.15) is 0 Å². The highest BCUT2D eigenvalue weighted by Crippen LogP contribution is 2.15. The summed E-state index contributed by atoms with van der Waals surface area (Å²) in [6.07, 6.45) is 0. The Morgan fingerprint density at radius 2 is 2.20 bits per heavy atom. The topological polar surface area (TPSA) is 47.6 Å². The summed E-state index contributed by atoms with van der Waals surface area (Å²) in [5, 5.41) is 2.93. The molecule has 0 aromatic rings. The lowest BCUT2D eigenvalue weighted by Crippen LogP contribution is -2.62. The van der Waals surface area contributed by atoms with Gasteiger partial charge in [0.2, 0.25) is 5.79 Å². The first-order valence-corrected chi connectivity index (χ1v) is 2.70. The quantitative estimate of drug-likeness (QED) is 0.456. The highest BCUT2D eigenvalue weighted by Gasteiger charge is 2.38. The molecule has 5 heteroatoms. The van der Waals surface area contributed by atoms with Gasteiger partial charge in [-0.1, -0.05) is 0 Å². The minimum Gasteiger partial charge on any atom is -0.432 e. The van der Waals surface area contributed by atoms with Gasteiger partial charge < -0.3 is 14.8 Å². The van der Waals surface area contributed by atoms with E-state index < -0.39 is 5.79 Å². The third kappa shape index (κ3) is 1.59. The van der Waals surface area contributed by atoms with Crippen LogP contribution in [-0.4, -0.2) is 32.5 Å². The number of halogens is 1. The zero-order valence-electron chi connectivity index (χ0n) is 5.62. The van der Waals surface area contributed by atoms with Gasteiger partial charge >= 0.3 is 0 Å². The van der Waals surface area contributed by atoms with Crippen molar-refractivity contribution in [3.63, 3.8) is 0 Å². The van der Waals surface area contributed by atoms with Crippen LogP contribution in [0.5, 0.6) is 0 Å². The maximum Gasteiger partial charge on any atom is 0.295 e. The van der Waals surface area contributed by atoms with Gasteiger partial charge in [-0.05, 0) is 0 Å².